The van der Waals surface area contributed by atoms with Crippen molar-refractivity contribution in [1.29, 1.82) is 0 Å². The zero-order valence-electron chi connectivity index (χ0n) is 14.2. The summed E-state index contributed by atoms with van der Waals surface area (Å²) >= 11 is 0. The van der Waals surface area contributed by atoms with Crippen LogP contribution in [0.1, 0.15) is 23.0 Å². The van der Waals surface area contributed by atoms with Gasteiger partial charge in [-0.2, -0.15) is 0 Å². The van der Waals surface area contributed by atoms with Crippen molar-refractivity contribution in [1.82, 2.24) is 14.9 Å². The predicted molar refractivity (Wildman–Crippen MR) is 95.5 cm³/mol. The Kier molecular flexibility index (Phi) is 5.05. The molecule has 0 radical (unpaired) electrons. The molecule has 0 unspecified atom stereocenters. The maximum atomic E-state index is 12.4. The Morgan fingerprint density at radius 2 is 1.96 bits per heavy atom. The van der Waals surface area contributed by atoms with Gasteiger partial charge in [0.2, 0.25) is 0 Å². The molecule has 0 saturated carbocycles. The number of rotatable bonds is 4. The van der Waals surface area contributed by atoms with E-state index < -0.39 is 0 Å². The molecule has 1 amide bonds. The second-order valence-corrected chi connectivity index (χ2v) is 6.01. The maximum absolute atomic E-state index is 12.4. The van der Waals surface area contributed by atoms with Crippen molar-refractivity contribution in [3.8, 4) is 0 Å². The van der Waals surface area contributed by atoms with E-state index in [1.165, 1.54) is 6.33 Å². The topological polar surface area (TPSA) is 61.4 Å². The Balaban J connectivity index is 1.69. The minimum atomic E-state index is -0.212. The minimum absolute atomic E-state index is 0.212. The Morgan fingerprint density at radius 3 is 2.67 bits per heavy atom. The number of hydrogen-bond donors (Lipinski definition) is 1. The number of aromatic nitrogens is 2. The molecule has 2 heterocycles. The van der Waals surface area contributed by atoms with Gasteiger partial charge in [-0.3, -0.25) is 4.79 Å². The van der Waals surface area contributed by atoms with Gasteiger partial charge in [0.15, 0.2) is 0 Å². The number of nitrogens with zero attached hydrogens (tertiary/aromatic N) is 4. The number of piperazine rings is 1. The summed E-state index contributed by atoms with van der Waals surface area (Å²) in [5.41, 5.74) is 2.26. The predicted octanol–water partition coefficient (Wildman–Crippen LogP) is 2.18. The molecule has 0 bridgehead atoms. The van der Waals surface area contributed by atoms with E-state index in [1.54, 1.807) is 6.07 Å². The fourth-order valence-corrected chi connectivity index (χ4v) is 2.86. The van der Waals surface area contributed by atoms with Crippen molar-refractivity contribution < 1.29 is 4.79 Å². The Labute approximate surface area is 142 Å². The highest BCUT2D eigenvalue weighted by Gasteiger charge is 2.18. The first kappa shape index (κ1) is 16.4. The van der Waals surface area contributed by atoms with Crippen LogP contribution in [0.2, 0.25) is 0 Å². The molecule has 0 atom stereocenters. The van der Waals surface area contributed by atoms with Gasteiger partial charge in [0.1, 0.15) is 17.8 Å². The molecule has 0 spiro atoms. The molecule has 126 valence electrons. The van der Waals surface area contributed by atoms with Gasteiger partial charge in [0.25, 0.3) is 5.91 Å². The third-order valence-corrected chi connectivity index (χ3v) is 4.30. The number of aryl methyl sites for hydroxylation is 1. The molecule has 6 heteroatoms. The van der Waals surface area contributed by atoms with Crippen LogP contribution < -0.4 is 10.2 Å². The van der Waals surface area contributed by atoms with E-state index in [0.717, 1.165) is 49.8 Å². The molecule has 1 N–H and O–H groups in total. The molecule has 24 heavy (non-hydrogen) atoms. The fourth-order valence-electron chi connectivity index (χ4n) is 2.86. The summed E-state index contributed by atoms with van der Waals surface area (Å²) < 4.78 is 0. The third kappa shape index (κ3) is 3.89. The molecule has 1 aliphatic rings. The number of anilines is 2. The van der Waals surface area contributed by atoms with E-state index in [4.69, 9.17) is 0 Å². The molecule has 3 rings (SSSR count). The van der Waals surface area contributed by atoms with Gasteiger partial charge < -0.3 is 15.1 Å². The van der Waals surface area contributed by atoms with E-state index in [-0.39, 0.29) is 5.91 Å². The Morgan fingerprint density at radius 1 is 1.17 bits per heavy atom. The van der Waals surface area contributed by atoms with Crippen LogP contribution >= 0.6 is 0 Å². The second-order valence-electron chi connectivity index (χ2n) is 6.01. The summed E-state index contributed by atoms with van der Waals surface area (Å²) in [6.45, 7) is 9.12. The fraction of sp³-hybridized carbons (Fsp3) is 0.389. The maximum Gasteiger partial charge on any atom is 0.274 e. The van der Waals surface area contributed by atoms with Crippen LogP contribution in [0.4, 0.5) is 11.5 Å². The SMILES string of the molecule is CCN1CCN(c2cc(C(=O)Nc3cccc(C)c3)ncn2)CC1. The van der Waals surface area contributed by atoms with Gasteiger partial charge in [-0.1, -0.05) is 19.1 Å². The largest absolute Gasteiger partial charge is 0.354 e. The highest BCUT2D eigenvalue weighted by atomic mass is 16.1. The van der Waals surface area contributed by atoms with Crippen molar-refractivity contribution >= 4 is 17.4 Å². The molecular weight excluding hydrogens is 302 g/mol. The van der Waals surface area contributed by atoms with Gasteiger partial charge in [-0.25, -0.2) is 9.97 Å². The van der Waals surface area contributed by atoms with Crippen LogP contribution in [0.15, 0.2) is 36.7 Å². The summed E-state index contributed by atoms with van der Waals surface area (Å²) in [4.78, 5) is 25.5. The normalized spacial score (nSPS) is 15.3. The number of carbonyl (C=O) groups is 1. The minimum Gasteiger partial charge on any atom is -0.354 e. The second kappa shape index (κ2) is 7.40. The molecule has 6 nitrogen and oxygen atoms in total. The number of likely N-dealkylation sites (N-methyl/N-ethyl adjacent to an activating group) is 1. The molecule has 1 aliphatic heterocycles. The lowest BCUT2D eigenvalue weighted by molar-refractivity contribution is 0.102. The first-order valence-electron chi connectivity index (χ1n) is 8.33. The smallest absolute Gasteiger partial charge is 0.274 e. The summed E-state index contributed by atoms with van der Waals surface area (Å²) in [6, 6.07) is 9.49. The van der Waals surface area contributed by atoms with Gasteiger partial charge in [-0.05, 0) is 31.2 Å². The zero-order valence-corrected chi connectivity index (χ0v) is 14.2. The number of amides is 1. The quantitative estimate of drug-likeness (QED) is 0.933. The van der Waals surface area contributed by atoms with Gasteiger partial charge in [0, 0.05) is 37.9 Å². The van der Waals surface area contributed by atoms with Gasteiger partial charge >= 0.3 is 0 Å². The van der Waals surface area contributed by atoms with E-state index in [0.29, 0.717) is 5.69 Å². The molecule has 1 aromatic carbocycles. The van der Waals surface area contributed by atoms with Crippen molar-refractivity contribution in [3.63, 3.8) is 0 Å². The number of carbonyl (C=O) groups excluding carboxylic acids is 1. The first-order valence-corrected chi connectivity index (χ1v) is 8.33. The molecule has 1 aromatic heterocycles. The van der Waals surface area contributed by atoms with Crippen LogP contribution in [-0.4, -0.2) is 53.5 Å². The van der Waals surface area contributed by atoms with E-state index in [9.17, 15) is 4.79 Å². The number of hydrogen-bond acceptors (Lipinski definition) is 5. The number of nitrogens with one attached hydrogen (secondary N) is 1. The molecule has 1 saturated heterocycles. The van der Waals surface area contributed by atoms with Gasteiger partial charge in [-0.15, -0.1) is 0 Å². The summed E-state index contributed by atoms with van der Waals surface area (Å²) in [5, 5.41) is 2.89. The highest BCUT2D eigenvalue weighted by Crippen LogP contribution is 2.15. The summed E-state index contributed by atoms with van der Waals surface area (Å²) in [6.07, 6.45) is 1.46. The lowest BCUT2D eigenvalue weighted by Crippen LogP contribution is -2.46. The van der Waals surface area contributed by atoms with Crippen LogP contribution in [0.5, 0.6) is 0 Å². The molecule has 2 aromatic rings. The van der Waals surface area contributed by atoms with Crippen molar-refractivity contribution in [2.24, 2.45) is 0 Å². The Hall–Kier alpha value is -2.47. The monoisotopic (exact) mass is 325 g/mol. The molecular formula is C18H23N5O. The summed E-state index contributed by atoms with van der Waals surface area (Å²) in [7, 11) is 0. The lowest BCUT2D eigenvalue weighted by atomic mass is 10.2. The lowest BCUT2D eigenvalue weighted by Gasteiger charge is -2.34. The average Bonchev–Trinajstić information content (AvgIpc) is 2.62. The van der Waals surface area contributed by atoms with Gasteiger partial charge in [0.05, 0.1) is 0 Å². The van der Waals surface area contributed by atoms with Crippen LogP contribution in [-0.2, 0) is 0 Å². The number of benzene rings is 1. The van der Waals surface area contributed by atoms with Crippen LogP contribution in [0, 0.1) is 6.92 Å². The van der Waals surface area contributed by atoms with E-state index in [2.05, 4.69) is 32.0 Å². The summed E-state index contributed by atoms with van der Waals surface area (Å²) in [5.74, 6) is 0.603. The Bertz CT molecular complexity index is 710. The highest BCUT2D eigenvalue weighted by molar-refractivity contribution is 6.03. The average molecular weight is 325 g/mol. The van der Waals surface area contributed by atoms with Crippen molar-refractivity contribution in [2.45, 2.75) is 13.8 Å². The van der Waals surface area contributed by atoms with Crippen molar-refractivity contribution in [2.75, 3.05) is 42.9 Å². The van der Waals surface area contributed by atoms with Crippen LogP contribution in [0.3, 0.4) is 0 Å². The molecule has 1 fully saturated rings. The molecule has 0 aliphatic carbocycles. The van der Waals surface area contributed by atoms with Crippen LogP contribution in [0.25, 0.3) is 0 Å². The first-order chi connectivity index (χ1) is 11.7. The zero-order chi connectivity index (χ0) is 16.9. The third-order valence-electron chi connectivity index (χ3n) is 4.30. The standard InChI is InChI=1S/C18H23N5O/c1-3-22-7-9-23(10-8-22)17-12-16(19-13-20-17)18(24)21-15-6-4-5-14(2)11-15/h4-6,11-13H,3,7-10H2,1-2H3,(H,21,24). The van der Waals surface area contributed by atoms with Crippen molar-refractivity contribution in [3.05, 3.63) is 47.9 Å². The van der Waals surface area contributed by atoms with E-state index in [1.807, 2.05) is 31.2 Å². The van der Waals surface area contributed by atoms with E-state index >= 15 is 0 Å².